The smallest absolute Gasteiger partial charge is 0.295 e. The normalized spacial score (nSPS) is 16.5. The predicted molar refractivity (Wildman–Crippen MR) is 118 cm³/mol. The lowest BCUT2D eigenvalue weighted by molar-refractivity contribution is -0.117. The highest BCUT2D eigenvalue weighted by Crippen LogP contribution is 2.46. The summed E-state index contributed by atoms with van der Waals surface area (Å²) in [5.74, 6) is -2.37. The molecule has 1 unspecified atom stereocenters. The summed E-state index contributed by atoms with van der Waals surface area (Å²) >= 11 is 6.21. The van der Waals surface area contributed by atoms with E-state index < -0.39 is 38.3 Å². The summed E-state index contributed by atoms with van der Waals surface area (Å²) in [5, 5.41) is 10.9. The lowest BCUT2D eigenvalue weighted by Crippen LogP contribution is -2.31. The number of benzene rings is 3. The Bertz CT molecular complexity index is 1340. The van der Waals surface area contributed by atoms with Gasteiger partial charge in [-0.15, -0.1) is 0 Å². The van der Waals surface area contributed by atoms with Crippen LogP contribution in [0.25, 0.3) is 0 Å². The van der Waals surface area contributed by atoms with E-state index in [0.29, 0.717) is 5.75 Å². The zero-order valence-electron chi connectivity index (χ0n) is 16.7. The molecule has 0 aromatic heterocycles. The number of hydrogen-bond donors (Lipinski definition) is 1. The highest BCUT2D eigenvalue weighted by atomic mass is 35.5. The second kappa shape index (κ2) is 8.29. The molecule has 1 heterocycles. The van der Waals surface area contributed by atoms with Gasteiger partial charge in [-0.2, -0.15) is 0 Å². The minimum absolute atomic E-state index is 0.0913. The van der Waals surface area contributed by atoms with Gasteiger partial charge >= 0.3 is 0 Å². The number of halogens is 2. The molecule has 6 nitrogen and oxygen atoms in total. The van der Waals surface area contributed by atoms with E-state index in [0.717, 1.165) is 11.0 Å². The standard InChI is InChI=1S/C23H17ClFNO5S/c1-31-19-12-11-14(13-17(19)24)26-20(16-9-5-6-10-18(16)25)22(21(27)23(26)28)32(29,30)15-7-3-2-4-8-15/h2-13,20,27H,1H3. The van der Waals surface area contributed by atoms with Crippen LogP contribution >= 0.6 is 11.6 Å². The first-order valence-corrected chi connectivity index (χ1v) is 11.3. The number of carbonyl (C=O) groups is 1. The van der Waals surface area contributed by atoms with E-state index in [1.165, 1.54) is 67.8 Å². The van der Waals surface area contributed by atoms with Crippen LogP contribution in [0.5, 0.6) is 5.75 Å². The van der Waals surface area contributed by atoms with Crippen LogP contribution in [0.4, 0.5) is 10.1 Å². The molecule has 164 valence electrons. The third kappa shape index (κ3) is 3.51. The highest BCUT2D eigenvalue weighted by Gasteiger charge is 2.48. The first-order chi connectivity index (χ1) is 15.3. The van der Waals surface area contributed by atoms with Crippen LogP contribution in [-0.4, -0.2) is 26.5 Å². The maximum Gasteiger partial charge on any atom is 0.295 e. The fourth-order valence-electron chi connectivity index (χ4n) is 3.63. The molecule has 0 radical (unpaired) electrons. The molecule has 0 spiro atoms. The van der Waals surface area contributed by atoms with Crippen molar-refractivity contribution in [1.29, 1.82) is 0 Å². The summed E-state index contributed by atoms with van der Waals surface area (Å²) in [6.45, 7) is 0. The summed E-state index contributed by atoms with van der Waals surface area (Å²) in [4.78, 5) is 13.4. The zero-order chi connectivity index (χ0) is 23.0. The molecule has 3 aromatic rings. The summed E-state index contributed by atoms with van der Waals surface area (Å²) in [5.41, 5.74) is 0.0743. The molecule has 32 heavy (non-hydrogen) atoms. The van der Waals surface area contributed by atoms with E-state index >= 15 is 0 Å². The molecular formula is C23H17ClFNO5S. The monoisotopic (exact) mass is 473 g/mol. The quantitative estimate of drug-likeness (QED) is 0.574. The van der Waals surface area contributed by atoms with Crippen LogP contribution in [0.1, 0.15) is 11.6 Å². The SMILES string of the molecule is COc1ccc(N2C(=O)C(O)=C(S(=O)(=O)c3ccccc3)C2c2ccccc2F)cc1Cl. The second-order valence-corrected chi connectivity index (χ2v) is 9.27. The molecule has 1 atom stereocenters. The number of aliphatic hydroxyl groups is 1. The molecule has 1 aliphatic rings. The van der Waals surface area contributed by atoms with Gasteiger partial charge in [-0.25, -0.2) is 12.8 Å². The molecule has 0 bridgehead atoms. The molecule has 9 heteroatoms. The lowest BCUT2D eigenvalue weighted by atomic mass is 10.1. The van der Waals surface area contributed by atoms with Gasteiger partial charge in [0.1, 0.15) is 22.5 Å². The zero-order valence-corrected chi connectivity index (χ0v) is 18.3. The Labute approximate surface area is 189 Å². The van der Waals surface area contributed by atoms with E-state index in [9.17, 15) is 22.7 Å². The van der Waals surface area contributed by atoms with Crippen molar-refractivity contribution >= 4 is 33.0 Å². The molecule has 1 amide bonds. The van der Waals surface area contributed by atoms with Gasteiger partial charge in [-0.05, 0) is 36.4 Å². The van der Waals surface area contributed by atoms with Crippen molar-refractivity contribution in [2.75, 3.05) is 12.0 Å². The summed E-state index contributed by atoms with van der Waals surface area (Å²) < 4.78 is 46.9. The van der Waals surface area contributed by atoms with Crippen molar-refractivity contribution in [3.05, 3.63) is 99.9 Å². The molecule has 0 saturated carbocycles. The minimum atomic E-state index is -4.36. The molecule has 1 N–H and O–H groups in total. The van der Waals surface area contributed by atoms with Crippen LogP contribution in [-0.2, 0) is 14.6 Å². The number of rotatable bonds is 5. The number of sulfone groups is 1. The van der Waals surface area contributed by atoms with Crippen molar-refractivity contribution < 1.29 is 27.4 Å². The Balaban J connectivity index is 1.96. The van der Waals surface area contributed by atoms with Gasteiger partial charge in [-0.1, -0.05) is 48.0 Å². The summed E-state index contributed by atoms with van der Waals surface area (Å²) in [7, 11) is -2.94. The van der Waals surface area contributed by atoms with E-state index in [1.807, 2.05) is 0 Å². The molecule has 0 fully saturated rings. The van der Waals surface area contributed by atoms with Crippen LogP contribution in [0, 0.1) is 5.82 Å². The molecule has 0 saturated heterocycles. The topological polar surface area (TPSA) is 83.9 Å². The average Bonchev–Trinajstić information content (AvgIpc) is 3.05. The number of carbonyl (C=O) groups excluding carboxylic acids is 1. The van der Waals surface area contributed by atoms with Crippen molar-refractivity contribution in [2.24, 2.45) is 0 Å². The van der Waals surface area contributed by atoms with Gasteiger partial charge in [-0.3, -0.25) is 9.69 Å². The summed E-state index contributed by atoms with van der Waals surface area (Å²) in [6.07, 6.45) is 0. The largest absolute Gasteiger partial charge is 0.502 e. The number of nitrogens with zero attached hydrogens (tertiary/aromatic N) is 1. The van der Waals surface area contributed by atoms with Gasteiger partial charge in [0.05, 0.1) is 17.0 Å². The Hall–Kier alpha value is -3.36. The maximum atomic E-state index is 14.9. The first kappa shape index (κ1) is 21.9. The maximum absolute atomic E-state index is 14.9. The number of aliphatic hydroxyl groups excluding tert-OH is 1. The minimum Gasteiger partial charge on any atom is -0.502 e. The Morgan fingerprint density at radius 1 is 1.03 bits per heavy atom. The Morgan fingerprint density at radius 2 is 1.69 bits per heavy atom. The molecule has 1 aliphatic heterocycles. The Morgan fingerprint density at radius 3 is 2.31 bits per heavy atom. The number of ether oxygens (including phenoxy) is 1. The van der Waals surface area contributed by atoms with E-state index in [-0.39, 0.29) is 21.2 Å². The van der Waals surface area contributed by atoms with Crippen LogP contribution in [0.3, 0.4) is 0 Å². The van der Waals surface area contributed by atoms with Crippen molar-refractivity contribution in [3.8, 4) is 5.75 Å². The van der Waals surface area contributed by atoms with Crippen molar-refractivity contribution in [2.45, 2.75) is 10.9 Å². The molecular weight excluding hydrogens is 457 g/mol. The van der Waals surface area contributed by atoms with E-state index in [4.69, 9.17) is 16.3 Å². The van der Waals surface area contributed by atoms with E-state index in [2.05, 4.69) is 0 Å². The van der Waals surface area contributed by atoms with Crippen molar-refractivity contribution in [3.63, 3.8) is 0 Å². The van der Waals surface area contributed by atoms with Gasteiger partial charge < -0.3 is 9.84 Å². The number of hydrogen-bond acceptors (Lipinski definition) is 5. The highest BCUT2D eigenvalue weighted by molar-refractivity contribution is 7.95. The number of amides is 1. The predicted octanol–water partition coefficient (Wildman–Crippen LogP) is 4.82. The average molecular weight is 474 g/mol. The molecule has 0 aliphatic carbocycles. The van der Waals surface area contributed by atoms with E-state index in [1.54, 1.807) is 6.07 Å². The molecule has 4 rings (SSSR count). The van der Waals surface area contributed by atoms with Crippen LogP contribution in [0.2, 0.25) is 5.02 Å². The molecule has 3 aromatic carbocycles. The van der Waals surface area contributed by atoms with Gasteiger partial charge in [0.2, 0.25) is 9.84 Å². The fraction of sp³-hybridized carbons (Fsp3) is 0.0870. The fourth-order valence-corrected chi connectivity index (χ4v) is 5.52. The second-order valence-electron chi connectivity index (χ2n) is 6.95. The Kier molecular flexibility index (Phi) is 5.66. The van der Waals surface area contributed by atoms with Crippen molar-refractivity contribution in [1.82, 2.24) is 0 Å². The van der Waals surface area contributed by atoms with Crippen LogP contribution < -0.4 is 9.64 Å². The first-order valence-electron chi connectivity index (χ1n) is 9.42. The number of anilines is 1. The summed E-state index contributed by atoms with van der Waals surface area (Å²) in [6, 6.07) is 15.7. The van der Waals surface area contributed by atoms with Gasteiger partial charge in [0.25, 0.3) is 5.91 Å². The third-order valence-electron chi connectivity index (χ3n) is 5.12. The number of methoxy groups -OCH3 is 1. The van der Waals surface area contributed by atoms with Crippen LogP contribution in [0.15, 0.2) is 88.4 Å². The van der Waals surface area contributed by atoms with Gasteiger partial charge in [0, 0.05) is 11.3 Å². The lowest BCUT2D eigenvalue weighted by Gasteiger charge is -2.27. The van der Waals surface area contributed by atoms with Gasteiger partial charge in [0.15, 0.2) is 5.76 Å². The third-order valence-corrected chi connectivity index (χ3v) is 7.30.